The van der Waals surface area contributed by atoms with Crippen LogP contribution in [0.4, 0.5) is 0 Å². The molecule has 1 rings (SSSR count). The van der Waals surface area contributed by atoms with Gasteiger partial charge in [-0.1, -0.05) is 33.6 Å². The minimum atomic E-state index is -0.114. The van der Waals surface area contributed by atoms with Crippen molar-refractivity contribution in [3.05, 3.63) is 33.3 Å². The van der Waals surface area contributed by atoms with Crippen LogP contribution < -0.4 is 5.32 Å². The van der Waals surface area contributed by atoms with Gasteiger partial charge in [-0.25, -0.2) is 0 Å². The first kappa shape index (κ1) is 11.0. The summed E-state index contributed by atoms with van der Waals surface area (Å²) in [6.07, 6.45) is 0. The summed E-state index contributed by atoms with van der Waals surface area (Å²) < 4.78 is 1.04. The van der Waals surface area contributed by atoms with Crippen molar-refractivity contribution in [1.29, 1.82) is 0 Å². The van der Waals surface area contributed by atoms with Gasteiger partial charge in [0.05, 0.1) is 0 Å². The van der Waals surface area contributed by atoms with E-state index in [1.54, 1.807) is 0 Å². The van der Waals surface area contributed by atoms with Crippen LogP contribution in [-0.4, -0.2) is 7.05 Å². The van der Waals surface area contributed by atoms with E-state index in [1.807, 2.05) is 25.2 Å². The minimum Gasteiger partial charge on any atom is -0.311 e. The predicted molar refractivity (Wildman–Crippen MR) is 61.2 cm³/mol. The van der Waals surface area contributed by atoms with E-state index >= 15 is 0 Å². The molecule has 0 radical (unpaired) electrons. The lowest BCUT2D eigenvalue weighted by molar-refractivity contribution is 0.443. The third-order valence-electron chi connectivity index (χ3n) is 2.21. The van der Waals surface area contributed by atoms with E-state index in [9.17, 15) is 0 Å². The van der Waals surface area contributed by atoms with E-state index < -0.39 is 0 Å². The Morgan fingerprint density at radius 1 is 1.38 bits per heavy atom. The molecule has 0 bridgehead atoms. The Balaban J connectivity index is 3.28. The van der Waals surface area contributed by atoms with E-state index in [0.717, 1.165) is 15.1 Å². The Labute approximate surface area is 92.6 Å². The van der Waals surface area contributed by atoms with Crippen LogP contribution in [0, 0.1) is 0 Å². The van der Waals surface area contributed by atoms with E-state index in [2.05, 4.69) is 35.1 Å². The van der Waals surface area contributed by atoms with Crippen LogP contribution in [0.25, 0.3) is 0 Å². The fraction of sp³-hybridized carbons (Fsp3) is 0.400. The number of benzene rings is 1. The Morgan fingerprint density at radius 3 is 2.46 bits per heavy atom. The van der Waals surface area contributed by atoms with Gasteiger partial charge in [0.1, 0.15) is 0 Å². The fourth-order valence-electron chi connectivity index (χ4n) is 1.22. The average Bonchev–Trinajstić information content (AvgIpc) is 2.03. The Hall–Kier alpha value is -0.0500. The van der Waals surface area contributed by atoms with E-state index in [4.69, 9.17) is 11.6 Å². The molecule has 3 heteroatoms. The van der Waals surface area contributed by atoms with Crippen molar-refractivity contribution in [2.24, 2.45) is 0 Å². The molecular weight excluding hydrogens is 249 g/mol. The smallest absolute Gasteiger partial charge is 0.0467 e. The van der Waals surface area contributed by atoms with Gasteiger partial charge in [0.15, 0.2) is 0 Å². The monoisotopic (exact) mass is 261 g/mol. The molecule has 0 aromatic heterocycles. The highest BCUT2D eigenvalue weighted by molar-refractivity contribution is 9.10. The standard InChI is InChI=1S/C10H13BrClN/c1-10(2,13-3)9-7(11)5-4-6-8(9)12/h4-6,13H,1-3H3. The van der Waals surface area contributed by atoms with Gasteiger partial charge in [0.2, 0.25) is 0 Å². The molecule has 0 fully saturated rings. The SMILES string of the molecule is CNC(C)(C)c1c(Cl)cccc1Br. The van der Waals surface area contributed by atoms with Crippen molar-refractivity contribution in [2.45, 2.75) is 19.4 Å². The molecule has 1 aromatic carbocycles. The van der Waals surface area contributed by atoms with Crippen LogP contribution in [-0.2, 0) is 5.54 Å². The van der Waals surface area contributed by atoms with Crippen molar-refractivity contribution in [2.75, 3.05) is 7.05 Å². The molecular formula is C10H13BrClN. The zero-order chi connectivity index (χ0) is 10.1. The van der Waals surface area contributed by atoms with Crippen molar-refractivity contribution in [3.8, 4) is 0 Å². The number of rotatable bonds is 2. The van der Waals surface area contributed by atoms with Gasteiger partial charge in [0, 0.05) is 20.6 Å². The molecule has 1 nitrogen and oxygen atoms in total. The summed E-state index contributed by atoms with van der Waals surface area (Å²) in [5, 5.41) is 4.01. The van der Waals surface area contributed by atoms with Gasteiger partial charge in [-0.3, -0.25) is 0 Å². The lowest BCUT2D eigenvalue weighted by atomic mass is 9.95. The summed E-state index contributed by atoms with van der Waals surface area (Å²) in [5.74, 6) is 0. The van der Waals surface area contributed by atoms with Crippen molar-refractivity contribution < 1.29 is 0 Å². The van der Waals surface area contributed by atoms with E-state index in [1.165, 1.54) is 0 Å². The quantitative estimate of drug-likeness (QED) is 0.859. The van der Waals surface area contributed by atoms with Crippen LogP contribution in [0.2, 0.25) is 5.02 Å². The minimum absolute atomic E-state index is 0.114. The Bertz CT molecular complexity index is 290. The van der Waals surface area contributed by atoms with Crippen LogP contribution in [0.1, 0.15) is 19.4 Å². The molecule has 0 unspecified atom stereocenters. The van der Waals surface area contributed by atoms with Gasteiger partial charge < -0.3 is 5.32 Å². The summed E-state index contributed by atoms with van der Waals surface area (Å²) in [6, 6.07) is 5.84. The maximum absolute atomic E-state index is 6.12. The molecule has 0 aliphatic carbocycles. The maximum atomic E-state index is 6.12. The molecule has 0 saturated carbocycles. The molecule has 0 aliphatic heterocycles. The number of hydrogen-bond donors (Lipinski definition) is 1. The van der Waals surface area contributed by atoms with Gasteiger partial charge in [-0.2, -0.15) is 0 Å². The predicted octanol–water partition coefficient (Wildman–Crippen LogP) is 3.56. The maximum Gasteiger partial charge on any atom is 0.0467 e. The highest BCUT2D eigenvalue weighted by Crippen LogP contribution is 2.33. The lowest BCUT2D eigenvalue weighted by Gasteiger charge is -2.26. The first-order chi connectivity index (χ1) is 5.99. The normalized spacial score (nSPS) is 11.8. The second-order valence-electron chi connectivity index (χ2n) is 3.47. The lowest BCUT2D eigenvalue weighted by Crippen LogP contribution is -2.33. The second kappa shape index (κ2) is 3.99. The summed E-state index contributed by atoms with van der Waals surface area (Å²) in [5.41, 5.74) is 0.983. The zero-order valence-corrected chi connectivity index (χ0v) is 10.3. The largest absolute Gasteiger partial charge is 0.311 e. The van der Waals surface area contributed by atoms with Gasteiger partial charge >= 0.3 is 0 Å². The van der Waals surface area contributed by atoms with E-state index in [0.29, 0.717) is 0 Å². The number of halogens is 2. The van der Waals surface area contributed by atoms with Gasteiger partial charge in [-0.05, 0) is 33.0 Å². The topological polar surface area (TPSA) is 12.0 Å². The molecule has 1 aromatic rings. The number of nitrogens with one attached hydrogen (secondary N) is 1. The van der Waals surface area contributed by atoms with Gasteiger partial charge in [-0.15, -0.1) is 0 Å². The second-order valence-corrected chi connectivity index (χ2v) is 4.73. The first-order valence-corrected chi connectivity index (χ1v) is 5.29. The summed E-state index contributed by atoms with van der Waals surface area (Å²) in [4.78, 5) is 0. The summed E-state index contributed by atoms with van der Waals surface area (Å²) >= 11 is 9.62. The average molecular weight is 263 g/mol. The molecule has 13 heavy (non-hydrogen) atoms. The summed E-state index contributed by atoms with van der Waals surface area (Å²) in [7, 11) is 1.93. The molecule has 0 heterocycles. The zero-order valence-electron chi connectivity index (χ0n) is 7.99. The molecule has 0 atom stereocenters. The first-order valence-electron chi connectivity index (χ1n) is 4.12. The van der Waals surface area contributed by atoms with Crippen molar-refractivity contribution in [1.82, 2.24) is 5.32 Å². The third-order valence-corrected chi connectivity index (χ3v) is 3.19. The van der Waals surface area contributed by atoms with Crippen LogP contribution in [0.5, 0.6) is 0 Å². The molecule has 0 amide bonds. The molecule has 0 aliphatic rings. The molecule has 1 N–H and O–H groups in total. The van der Waals surface area contributed by atoms with Crippen molar-refractivity contribution in [3.63, 3.8) is 0 Å². The Morgan fingerprint density at radius 2 is 2.00 bits per heavy atom. The fourth-order valence-corrected chi connectivity index (χ4v) is 2.61. The van der Waals surface area contributed by atoms with Crippen LogP contribution in [0.3, 0.4) is 0 Å². The molecule has 72 valence electrons. The van der Waals surface area contributed by atoms with Crippen LogP contribution >= 0.6 is 27.5 Å². The van der Waals surface area contributed by atoms with E-state index in [-0.39, 0.29) is 5.54 Å². The third kappa shape index (κ3) is 2.25. The van der Waals surface area contributed by atoms with Gasteiger partial charge in [0.25, 0.3) is 0 Å². The molecule has 0 saturated heterocycles. The highest BCUT2D eigenvalue weighted by atomic mass is 79.9. The van der Waals surface area contributed by atoms with Crippen LogP contribution in [0.15, 0.2) is 22.7 Å². The van der Waals surface area contributed by atoms with Crippen molar-refractivity contribution >= 4 is 27.5 Å². The summed E-state index contributed by atoms with van der Waals surface area (Å²) in [6.45, 7) is 4.19. The number of hydrogen-bond acceptors (Lipinski definition) is 1. The highest BCUT2D eigenvalue weighted by Gasteiger charge is 2.23. The molecule has 0 spiro atoms. The Kier molecular flexibility index (Phi) is 3.38.